The molecule has 1 saturated heterocycles. The molecule has 0 radical (unpaired) electrons. The third kappa shape index (κ3) is 10.5. The quantitative estimate of drug-likeness (QED) is 0.408. The average Bonchev–Trinajstić information content (AvgIpc) is 3.73. The number of oxazole rings is 1. The van der Waals surface area contributed by atoms with Gasteiger partial charge in [-0.25, -0.2) is 19.6 Å². The van der Waals surface area contributed by atoms with Crippen molar-refractivity contribution in [3.8, 4) is 0 Å². The number of rotatable bonds is 4. The fourth-order valence-electron chi connectivity index (χ4n) is 5.43. The number of hydrogen-bond acceptors (Lipinski definition) is 11. The molecule has 2 bridgehead atoms. The van der Waals surface area contributed by atoms with Gasteiger partial charge in [0.05, 0.1) is 19.1 Å². The SMILES string of the molecule is CC1=C\[C@@H](O)CC(=O)Cc2nc(co2)C(=O)N2CCC[C@@H]2C(=O)O[C@H]([C@@H](C)COC(=O)Nc2ccccn2)[C@H](C)/C=C/C(=O)NC\C=C\1. The van der Waals surface area contributed by atoms with Crippen LogP contribution in [0.3, 0.4) is 0 Å². The highest BCUT2D eigenvalue weighted by Crippen LogP contribution is 2.26. The van der Waals surface area contributed by atoms with Crippen LogP contribution in [0.25, 0.3) is 0 Å². The van der Waals surface area contributed by atoms with Gasteiger partial charge in [0.1, 0.15) is 30.0 Å². The summed E-state index contributed by atoms with van der Waals surface area (Å²) in [6.45, 7) is 5.61. The second-order valence-electron chi connectivity index (χ2n) is 11.9. The molecule has 0 aliphatic carbocycles. The molecule has 1 fully saturated rings. The number of fused-ring (bicyclic) bond motifs is 3. The molecule has 2 aliphatic rings. The fraction of sp³-hybridized carbons (Fsp3) is 0.441. The molecule has 4 heterocycles. The minimum atomic E-state index is -1.05. The van der Waals surface area contributed by atoms with Gasteiger partial charge in [-0.2, -0.15) is 0 Å². The maximum Gasteiger partial charge on any atom is 0.412 e. The zero-order valence-electron chi connectivity index (χ0n) is 27.2. The number of nitrogens with zero attached hydrogens (tertiary/aromatic N) is 3. The van der Waals surface area contributed by atoms with Crippen molar-refractivity contribution in [1.29, 1.82) is 0 Å². The molecule has 3 N–H and O–H groups in total. The summed E-state index contributed by atoms with van der Waals surface area (Å²) in [7, 11) is 0. The Morgan fingerprint density at radius 2 is 2.04 bits per heavy atom. The van der Waals surface area contributed by atoms with Gasteiger partial charge in [0.25, 0.3) is 5.91 Å². The number of aliphatic hydroxyl groups is 1. The third-order valence-corrected chi connectivity index (χ3v) is 7.83. The molecule has 3 amide bonds. The zero-order valence-corrected chi connectivity index (χ0v) is 27.2. The van der Waals surface area contributed by atoms with Crippen LogP contribution in [-0.4, -0.2) is 87.6 Å². The summed E-state index contributed by atoms with van der Waals surface area (Å²) in [4.78, 5) is 74.2. The van der Waals surface area contributed by atoms with E-state index >= 15 is 0 Å². The Balaban J connectivity index is 1.54. The van der Waals surface area contributed by atoms with Gasteiger partial charge >= 0.3 is 12.1 Å². The molecule has 4 rings (SSSR count). The van der Waals surface area contributed by atoms with Crippen molar-refractivity contribution in [2.24, 2.45) is 11.8 Å². The molecule has 0 aromatic carbocycles. The molecule has 2 aromatic heterocycles. The van der Waals surface area contributed by atoms with Crippen molar-refractivity contribution >= 4 is 35.5 Å². The Kier molecular flexibility index (Phi) is 12.8. The normalized spacial score (nSPS) is 26.2. The summed E-state index contributed by atoms with van der Waals surface area (Å²) in [5, 5.41) is 15.6. The number of allylic oxidation sites excluding steroid dienone is 2. The number of esters is 1. The van der Waals surface area contributed by atoms with Crippen molar-refractivity contribution in [3.05, 3.63) is 78.2 Å². The van der Waals surface area contributed by atoms with Crippen molar-refractivity contribution in [1.82, 2.24) is 20.2 Å². The largest absolute Gasteiger partial charge is 0.460 e. The first-order valence-electron chi connectivity index (χ1n) is 15.8. The molecule has 0 spiro atoms. The van der Waals surface area contributed by atoms with Crippen molar-refractivity contribution in [3.63, 3.8) is 0 Å². The maximum absolute atomic E-state index is 13.6. The van der Waals surface area contributed by atoms with Gasteiger partial charge in [0, 0.05) is 37.5 Å². The van der Waals surface area contributed by atoms with Crippen LogP contribution < -0.4 is 10.6 Å². The van der Waals surface area contributed by atoms with Crippen LogP contribution in [0.15, 0.2) is 71.0 Å². The van der Waals surface area contributed by atoms with Crippen LogP contribution in [0.4, 0.5) is 10.6 Å². The van der Waals surface area contributed by atoms with E-state index in [1.54, 1.807) is 57.2 Å². The lowest BCUT2D eigenvalue weighted by Crippen LogP contribution is -2.44. The summed E-state index contributed by atoms with van der Waals surface area (Å²) < 4.78 is 16.8. The van der Waals surface area contributed by atoms with E-state index in [9.17, 15) is 29.1 Å². The first-order valence-corrected chi connectivity index (χ1v) is 15.8. The second-order valence-corrected chi connectivity index (χ2v) is 11.9. The Hall–Kier alpha value is -5.11. The molecular formula is C34H41N5O9. The summed E-state index contributed by atoms with van der Waals surface area (Å²) in [5.41, 5.74) is 0.628. The number of pyridine rings is 1. The molecule has 2 aliphatic heterocycles. The number of Topliss-reactive ketones (excluding diaryl/α,β-unsaturated/α-hetero) is 1. The average molecular weight is 664 g/mol. The minimum Gasteiger partial charge on any atom is -0.460 e. The first kappa shape index (κ1) is 35.7. The predicted molar refractivity (Wildman–Crippen MR) is 172 cm³/mol. The van der Waals surface area contributed by atoms with Gasteiger partial charge in [0.2, 0.25) is 11.8 Å². The van der Waals surface area contributed by atoms with Crippen LogP contribution >= 0.6 is 0 Å². The molecule has 5 atom stereocenters. The van der Waals surface area contributed by atoms with Gasteiger partial charge in [0.15, 0.2) is 5.69 Å². The number of amides is 3. The first-order chi connectivity index (χ1) is 23.0. The van der Waals surface area contributed by atoms with Crippen LogP contribution in [0.2, 0.25) is 0 Å². The number of carbonyl (C=O) groups excluding carboxylic acids is 5. The monoisotopic (exact) mass is 663 g/mol. The standard InChI is InChI=1S/C34H41N5O9/c1-21-8-6-14-36-29(42)12-11-22(2)31(23(3)19-47-34(45)38-28-10-4-5-13-35-28)48-33(44)27-9-7-15-39(27)32(43)26-20-46-30(37-26)18-25(41)17-24(40)16-21/h4-6,8,10-13,16,20,22-24,27,31,40H,7,9,14-15,17-19H2,1-3H3,(H,36,42)(H,35,38,45)/b8-6+,12-11+,21-16+/t22-,23+,24-,27-,31+/m1/s1. The zero-order chi connectivity index (χ0) is 34.6. The van der Waals surface area contributed by atoms with Gasteiger partial charge in [-0.05, 0) is 38.0 Å². The predicted octanol–water partition coefficient (Wildman–Crippen LogP) is 3.16. The van der Waals surface area contributed by atoms with Gasteiger partial charge in [-0.1, -0.05) is 49.8 Å². The van der Waals surface area contributed by atoms with Gasteiger partial charge in [-0.3, -0.25) is 19.7 Å². The molecular weight excluding hydrogens is 622 g/mol. The number of cyclic esters (lactones) is 1. The lowest BCUT2D eigenvalue weighted by Gasteiger charge is -2.30. The van der Waals surface area contributed by atoms with E-state index in [2.05, 4.69) is 20.6 Å². The molecule has 48 heavy (non-hydrogen) atoms. The molecule has 14 heteroatoms. The number of hydrogen-bond donors (Lipinski definition) is 3. The Labute approximate surface area is 278 Å². The van der Waals surface area contributed by atoms with Crippen LogP contribution in [0.1, 0.15) is 56.4 Å². The Morgan fingerprint density at radius 3 is 2.81 bits per heavy atom. The van der Waals surface area contributed by atoms with Crippen LogP contribution in [0, 0.1) is 11.8 Å². The number of carbonyl (C=O) groups is 5. The van der Waals surface area contributed by atoms with Gasteiger partial charge < -0.3 is 29.2 Å². The van der Waals surface area contributed by atoms with Crippen molar-refractivity contribution in [2.75, 3.05) is 25.0 Å². The summed E-state index contributed by atoms with van der Waals surface area (Å²) in [6, 6.07) is 4.11. The molecule has 256 valence electrons. The Morgan fingerprint density at radius 1 is 1.23 bits per heavy atom. The molecule has 0 saturated carbocycles. The van der Waals surface area contributed by atoms with E-state index in [4.69, 9.17) is 13.9 Å². The number of ether oxygens (including phenoxy) is 2. The third-order valence-electron chi connectivity index (χ3n) is 7.83. The summed E-state index contributed by atoms with van der Waals surface area (Å²) >= 11 is 0. The molecule has 0 unspecified atom stereocenters. The topological polar surface area (TPSA) is 190 Å². The Bertz CT molecular complexity index is 1550. The number of ketones is 1. The number of nitrogens with one attached hydrogen (secondary N) is 2. The summed E-state index contributed by atoms with van der Waals surface area (Å²) in [5.74, 6) is -2.63. The van der Waals surface area contributed by atoms with Crippen LogP contribution in [-0.2, 0) is 30.3 Å². The lowest BCUT2D eigenvalue weighted by molar-refractivity contribution is -0.159. The highest BCUT2D eigenvalue weighted by molar-refractivity contribution is 5.95. The second kappa shape index (κ2) is 17.2. The molecule has 14 nitrogen and oxygen atoms in total. The van der Waals surface area contributed by atoms with E-state index in [-0.39, 0.29) is 55.8 Å². The van der Waals surface area contributed by atoms with Crippen molar-refractivity contribution < 1.29 is 43.0 Å². The van der Waals surface area contributed by atoms with Crippen molar-refractivity contribution in [2.45, 2.75) is 64.7 Å². The summed E-state index contributed by atoms with van der Waals surface area (Å²) in [6.07, 6.45) is 8.38. The smallest absolute Gasteiger partial charge is 0.412 e. The van der Waals surface area contributed by atoms with Crippen LogP contribution in [0.5, 0.6) is 0 Å². The minimum absolute atomic E-state index is 0.0187. The maximum atomic E-state index is 13.6. The van der Waals surface area contributed by atoms with E-state index in [0.29, 0.717) is 24.2 Å². The van der Waals surface area contributed by atoms with E-state index < -0.39 is 48.1 Å². The fourth-order valence-corrected chi connectivity index (χ4v) is 5.43. The lowest BCUT2D eigenvalue weighted by atomic mass is 9.93. The van der Waals surface area contributed by atoms with E-state index in [1.165, 1.54) is 23.2 Å². The van der Waals surface area contributed by atoms with E-state index in [0.717, 1.165) is 6.26 Å². The number of aliphatic hydroxyl groups excluding tert-OH is 1. The van der Waals surface area contributed by atoms with E-state index in [1.807, 2.05) is 0 Å². The highest BCUT2D eigenvalue weighted by atomic mass is 16.6. The highest BCUT2D eigenvalue weighted by Gasteiger charge is 2.39. The van der Waals surface area contributed by atoms with Gasteiger partial charge in [-0.15, -0.1) is 0 Å². The number of anilines is 1. The number of aromatic nitrogens is 2. The molecule has 2 aromatic rings.